The molecule has 0 spiro atoms. The predicted octanol–water partition coefficient (Wildman–Crippen LogP) is 6.04. The Hall–Kier alpha value is -3.03. The molecule has 0 bridgehead atoms. The monoisotopic (exact) mass is 504 g/mol. The molecule has 4 aromatic rings. The molecule has 0 heterocycles. The maximum absolute atomic E-state index is 2.55. The molecule has 0 radical (unpaired) electrons. The Kier molecular flexibility index (Phi) is 7.54. The van der Waals surface area contributed by atoms with E-state index in [4.69, 9.17) is 0 Å². The molecular weight excluding hydrogens is 475 g/mol. The second-order valence-electron chi connectivity index (χ2n) is 8.51. The Morgan fingerprint density at radius 3 is 1.51 bits per heavy atom. The van der Waals surface area contributed by atoms with Crippen LogP contribution in [0.5, 0.6) is 0 Å². The highest BCUT2D eigenvalue weighted by atomic mass is 32.2. The Labute approximate surface area is 215 Å². The zero-order valence-electron chi connectivity index (χ0n) is 19.9. The van der Waals surface area contributed by atoms with Gasteiger partial charge in [0.15, 0.2) is 0 Å². The van der Waals surface area contributed by atoms with E-state index in [1.165, 1.54) is 26.5 Å². The van der Waals surface area contributed by atoms with Gasteiger partial charge in [0.05, 0.1) is 7.55 Å². The van der Waals surface area contributed by atoms with Gasteiger partial charge in [0.25, 0.3) is 0 Å². The molecule has 0 nitrogen and oxygen atoms in total. The van der Waals surface area contributed by atoms with Crippen LogP contribution in [0.3, 0.4) is 0 Å². The number of benzene rings is 4. The van der Waals surface area contributed by atoms with Gasteiger partial charge >= 0.3 is 0 Å². The quantitative estimate of drug-likeness (QED) is 0.128. The number of hydrogen-bond acceptors (Lipinski definition) is 1. The van der Waals surface area contributed by atoms with Crippen molar-refractivity contribution in [1.82, 2.24) is 0 Å². The molecule has 0 aliphatic heterocycles. The van der Waals surface area contributed by atoms with Gasteiger partial charge in [-0.05, 0) is 46.0 Å². The van der Waals surface area contributed by atoms with Crippen LogP contribution in [-0.2, 0) is 0 Å². The molecule has 1 atom stereocenters. The van der Waals surface area contributed by atoms with Crippen molar-refractivity contribution >= 4 is 52.5 Å². The van der Waals surface area contributed by atoms with Crippen LogP contribution in [0.15, 0.2) is 146 Å². The van der Waals surface area contributed by atoms with Crippen LogP contribution in [0.1, 0.15) is 6.42 Å². The zero-order valence-corrected chi connectivity index (χ0v) is 22.6. The molecule has 0 amide bonds. The minimum Gasteiger partial charge on any atom is -0.206 e. The van der Waals surface area contributed by atoms with E-state index >= 15 is 0 Å². The van der Waals surface area contributed by atoms with E-state index in [2.05, 4.69) is 152 Å². The lowest BCUT2D eigenvalue weighted by Crippen LogP contribution is -2.71. The first-order valence-electron chi connectivity index (χ1n) is 12.0. The molecular formula is C32H29PSSi. The second kappa shape index (κ2) is 11.1. The van der Waals surface area contributed by atoms with Crippen molar-refractivity contribution in [3.63, 3.8) is 0 Å². The van der Waals surface area contributed by atoms with Crippen LogP contribution in [0.4, 0.5) is 0 Å². The van der Waals surface area contributed by atoms with Crippen LogP contribution >= 0.6 is 19.3 Å². The molecule has 1 aliphatic carbocycles. The smallest absolute Gasteiger partial charge is 0.206 e. The summed E-state index contributed by atoms with van der Waals surface area (Å²) in [4.78, 5) is 0. The normalized spacial score (nSPS) is 14.0. The first-order valence-corrected chi connectivity index (χ1v) is 16.5. The lowest BCUT2D eigenvalue weighted by atomic mass is 10.2. The van der Waals surface area contributed by atoms with Crippen LogP contribution in [0.2, 0.25) is 0 Å². The van der Waals surface area contributed by atoms with Crippen molar-refractivity contribution in [2.75, 3.05) is 6.26 Å². The van der Waals surface area contributed by atoms with Gasteiger partial charge in [-0.25, -0.2) is 6.08 Å². The van der Waals surface area contributed by atoms with E-state index in [0.29, 0.717) is 0 Å². The fourth-order valence-electron chi connectivity index (χ4n) is 5.01. The molecule has 0 N–H and O–H groups in total. The number of thioether (sulfide) groups is 1. The van der Waals surface area contributed by atoms with E-state index < -0.39 is 15.6 Å². The Balaban J connectivity index is 1.95. The van der Waals surface area contributed by atoms with E-state index in [9.17, 15) is 0 Å². The van der Waals surface area contributed by atoms with Gasteiger partial charge in [0.1, 0.15) is 9.55 Å². The number of hydrogen-bond donors (Lipinski definition) is 0. The summed E-state index contributed by atoms with van der Waals surface area (Å²) in [6.45, 7) is 0. The third-order valence-electron chi connectivity index (χ3n) is 6.50. The number of rotatable bonds is 7. The van der Waals surface area contributed by atoms with Gasteiger partial charge in [-0.3, -0.25) is 0 Å². The lowest BCUT2D eigenvalue weighted by molar-refractivity contribution is 1.22. The highest BCUT2D eigenvalue weighted by Gasteiger charge is 2.50. The highest BCUT2D eigenvalue weighted by molar-refractivity contribution is 8.25. The summed E-state index contributed by atoms with van der Waals surface area (Å²) in [5.74, 6) is 0. The van der Waals surface area contributed by atoms with Crippen molar-refractivity contribution in [3.05, 3.63) is 151 Å². The molecule has 172 valence electrons. The van der Waals surface area contributed by atoms with Crippen LogP contribution in [0, 0.1) is 5.66 Å². The summed E-state index contributed by atoms with van der Waals surface area (Å²) in [7, 11) is -3.23. The van der Waals surface area contributed by atoms with Crippen LogP contribution < -0.4 is 20.9 Å². The van der Waals surface area contributed by atoms with Gasteiger partial charge in [0.2, 0.25) is 8.07 Å². The largest absolute Gasteiger partial charge is 0.239 e. The van der Waals surface area contributed by atoms with Crippen LogP contribution in [-0.4, -0.2) is 18.6 Å². The molecule has 1 unspecified atom stereocenters. The molecule has 0 fully saturated rings. The fourth-order valence-corrected chi connectivity index (χ4v) is 17.6. The topological polar surface area (TPSA) is 0 Å². The minimum absolute atomic E-state index is 0.676. The van der Waals surface area contributed by atoms with E-state index in [1.54, 1.807) is 4.25 Å². The molecule has 3 heteroatoms. The Morgan fingerprint density at radius 1 is 0.657 bits per heavy atom. The van der Waals surface area contributed by atoms with Gasteiger partial charge < -0.3 is 0 Å². The average Bonchev–Trinajstić information content (AvgIpc) is 2.96. The lowest BCUT2D eigenvalue weighted by Gasteiger charge is -2.34. The predicted molar refractivity (Wildman–Crippen MR) is 162 cm³/mol. The van der Waals surface area contributed by atoms with Crippen LogP contribution in [0.25, 0.3) is 0 Å². The molecule has 0 aromatic heterocycles. The molecule has 4 aromatic carbocycles. The first-order chi connectivity index (χ1) is 17.4. The van der Waals surface area contributed by atoms with Gasteiger partial charge in [0, 0.05) is 0 Å². The Morgan fingerprint density at radius 2 is 1.11 bits per heavy atom. The summed E-state index contributed by atoms with van der Waals surface area (Å²) in [6.07, 6.45) is 12.4. The maximum atomic E-state index is 2.37. The zero-order chi connectivity index (χ0) is 23.9. The standard InChI is InChI=1S/C32H29PSSi/c1-34-32(33(27-17-7-2-8-18-27)28-19-9-3-10-20-28)35(29-21-11-4-12-22-29,30-23-13-5-14-24-30)31-25-15-6-16-26-31/h2-19,21-26H,20H2,1H3. The third-order valence-corrected chi connectivity index (χ3v) is 17.6. The SMILES string of the molecule is CSC(=[P+](c1ccccc1)[C-]1C=CC=CC1)[Si](c1ccccc1)(c1ccccc1)c1ccccc1. The Bertz CT molecular complexity index is 1230. The number of allylic oxidation sites excluding steroid dienone is 4. The summed E-state index contributed by atoms with van der Waals surface area (Å²) in [5.41, 5.74) is 1.53. The van der Waals surface area contributed by atoms with E-state index in [1.807, 2.05) is 11.8 Å². The van der Waals surface area contributed by atoms with Gasteiger partial charge in [-0.2, -0.15) is 6.08 Å². The van der Waals surface area contributed by atoms with Crippen molar-refractivity contribution < 1.29 is 0 Å². The summed E-state index contributed by atoms with van der Waals surface area (Å²) in [5, 5.41) is 5.77. The minimum atomic E-state index is -2.55. The summed E-state index contributed by atoms with van der Waals surface area (Å²) in [6, 6.07) is 45.1. The highest BCUT2D eigenvalue weighted by Crippen LogP contribution is 2.46. The second-order valence-corrected chi connectivity index (χ2v) is 16.4. The third kappa shape index (κ3) is 4.62. The fraction of sp³-hybridized carbons (Fsp3) is 0.0625. The van der Waals surface area contributed by atoms with Crippen molar-refractivity contribution in [1.29, 1.82) is 0 Å². The van der Waals surface area contributed by atoms with Gasteiger partial charge in [-0.15, -0.1) is 12.2 Å². The van der Waals surface area contributed by atoms with E-state index in [-0.39, 0.29) is 0 Å². The summed E-state index contributed by atoms with van der Waals surface area (Å²) >= 11 is 1.99. The average molecular weight is 505 g/mol. The molecule has 5 rings (SSSR count). The first kappa shape index (κ1) is 23.7. The van der Waals surface area contributed by atoms with Crippen molar-refractivity contribution in [2.24, 2.45) is 0 Å². The molecule has 0 saturated carbocycles. The molecule has 0 saturated heterocycles. The van der Waals surface area contributed by atoms with Gasteiger partial charge in [-0.1, -0.05) is 121 Å². The summed E-state index contributed by atoms with van der Waals surface area (Å²) < 4.78 is 1.62. The molecule has 1 aliphatic rings. The van der Waals surface area contributed by atoms with Crippen molar-refractivity contribution in [2.45, 2.75) is 6.42 Å². The van der Waals surface area contributed by atoms with E-state index in [0.717, 1.165) is 6.42 Å². The van der Waals surface area contributed by atoms with Crippen molar-refractivity contribution in [3.8, 4) is 0 Å². The molecule has 35 heavy (non-hydrogen) atoms. The maximum Gasteiger partial charge on any atom is 0.239 e.